The average Bonchev–Trinajstić information content (AvgIpc) is 3.13. The SMILES string of the molecule is C/C(=N/OCC(=O)NC(Cc1c[nH]c2ccccc12)C(=O)N1CC(C)(C)C1)C(O)C(C)O. The van der Waals surface area contributed by atoms with Gasteiger partial charge in [0.05, 0.1) is 11.8 Å². The number of nitrogens with zero attached hydrogens (tertiary/aromatic N) is 2. The largest absolute Gasteiger partial charge is 0.390 e. The molecule has 1 aromatic heterocycles. The molecule has 32 heavy (non-hydrogen) atoms. The second kappa shape index (κ2) is 9.70. The quantitative estimate of drug-likeness (QED) is 0.341. The van der Waals surface area contributed by atoms with Crippen LogP contribution in [0.3, 0.4) is 0 Å². The van der Waals surface area contributed by atoms with Crippen molar-refractivity contribution in [3.63, 3.8) is 0 Å². The van der Waals surface area contributed by atoms with E-state index in [9.17, 15) is 19.8 Å². The fourth-order valence-corrected chi connectivity index (χ4v) is 3.92. The van der Waals surface area contributed by atoms with Crippen LogP contribution in [0.15, 0.2) is 35.6 Å². The zero-order valence-electron chi connectivity index (χ0n) is 19.0. The van der Waals surface area contributed by atoms with Crippen molar-refractivity contribution >= 4 is 28.4 Å². The van der Waals surface area contributed by atoms with E-state index in [1.165, 1.54) is 13.8 Å². The lowest BCUT2D eigenvalue weighted by Gasteiger charge is -2.47. The molecule has 4 N–H and O–H groups in total. The summed E-state index contributed by atoms with van der Waals surface area (Å²) in [6.07, 6.45) is 0.0204. The van der Waals surface area contributed by atoms with E-state index in [0.29, 0.717) is 19.5 Å². The van der Waals surface area contributed by atoms with Gasteiger partial charge in [0.1, 0.15) is 12.1 Å². The van der Waals surface area contributed by atoms with Gasteiger partial charge in [0.25, 0.3) is 5.91 Å². The Bertz CT molecular complexity index is 989. The molecule has 0 bridgehead atoms. The van der Waals surface area contributed by atoms with Crippen LogP contribution in [0, 0.1) is 5.41 Å². The van der Waals surface area contributed by atoms with E-state index in [1.54, 1.807) is 4.90 Å². The molecule has 1 aromatic carbocycles. The van der Waals surface area contributed by atoms with E-state index in [0.717, 1.165) is 16.5 Å². The van der Waals surface area contributed by atoms with E-state index in [-0.39, 0.29) is 17.0 Å². The monoisotopic (exact) mass is 444 g/mol. The molecule has 3 atom stereocenters. The summed E-state index contributed by atoms with van der Waals surface area (Å²) in [6.45, 7) is 7.98. The van der Waals surface area contributed by atoms with Gasteiger partial charge in [0, 0.05) is 36.6 Å². The molecule has 0 radical (unpaired) electrons. The number of fused-ring (bicyclic) bond motifs is 1. The van der Waals surface area contributed by atoms with Crippen LogP contribution in [-0.4, -0.2) is 75.6 Å². The molecule has 3 unspecified atom stereocenters. The van der Waals surface area contributed by atoms with Crippen LogP contribution >= 0.6 is 0 Å². The highest BCUT2D eigenvalue weighted by atomic mass is 16.6. The number of carbonyl (C=O) groups is 2. The minimum absolute atomic E-state index is 0.0744. The van der Waals surface area contributed by atoms with Gasteiger partial charge < -0.3 is 30.3 Å². The van der Waals surface area contributed by atoms with E-state index < -0.39 is 30.8 Å². The first-order valence-corrected chi connectivity index (χ1v) is 10.7. The number of H-pyrrole nitrogens is 1. The summed E-state index contributed by atoms with van der Waals surface area (Å²) in [4.78, 5) is 35.6. The maximum Gasteiger partial charge on any atom is 0.261 e. The first-order valence-electron chi connectivity index (χ1n) is 10.7. The predicted molar refractivity (Wildman–Crippen MR) is 121 cm³/mol. The number of likely N-dealkylation sites (tertiary alicyclic amines) is 1. The maximum atomic E-state index is 13.1. The molecule has 1 fully saturated rings. The highest BCUT2D eigenvalue weighted by molar-refractivity contribution is 5.90. The molecule has 174 valence electrons. The van der Waals surface area contributed by atoms with Gasteiger partial charge in [-0.3, -0.25) is 9.59 Å². The third kappa shape index (κ3) is 5.66. The first-order chi connectivity index (χ1) is 15.1. The second-order valence-electron chi connectivity index (χ2n) is 9.23. The van der Waals surface area contributed by atoms with Crippen LogP contribution in [0.25, 0.3) is 10.9 Å². The Hall–Kier alpha value is -2.91. The highest BCUT2D eigenvalue weighted by Crippen LogP contribution is 2.29. The Morgan fingerprint density at radius 2 is 1.97 bits per heavy atom. The van der Waals surface area contributed by atoms with Crippen LogP contribution in [0.1, 0.15) is 33.3 Å². The molecule has 1 aliphatic rings. The molecular weight excluding hydrogens is 412 g/mol. The Kier molecular flexibility index (Phi) is 7.20. The number of aliphatic hydroxyl groups excluding tert-OH is 2. The molecule has 2 heterocycles. The van der Waals surface area contributed by atoms with Gasteiger partial charge in [-0.15, -0.1) is 0 Å². The van der Waals surface area contributed by atoms with Crippen LogP contribution in [-0.2, 0) is 20.8 Å². The van der Waals surface area contributed by atoms with Gasteiger partial charge in [0.15, 0.2) is 6.61 Å². The third-order valence-electron chi connectivity index (χ3n) is 5.57. The van der Waals surface area contributed by atoms with Gasteiger partial charge in [-0.05, 0) is 30.9 Å². The molecule has 0 aliphatic carbocycles. The summed E-state index contributed by atoms with van der Waals surface area (Å²) in [5.41, 5.74) is 2.14. The lowest BCUT2D eigenvalue weighted by atomic mass is 9.83. The van der Waals surface area contributed by atoms with Crippen molar-refractivity contribution in [2.45, 2.75) is 52.4 Å². The summed E-state index contributed by atoms with van der Waals surface area (Å²) < 4.78 is 0. The van der Waals surface area contributed by atoms with E-state index in [4.69, 9.17) is 4.84 Å². The Morgan fingerprint density at radius 3 is 2.62 bits per heavy atom. The number of carbonyl (C=O) groups excluding carboxylic acids is 2. The molecule has 1 saturated heterocycles. The maximum absolute atomic E-state index is 13.1. The summed E-state index contributed by atoms with van der Waals surface area (Å²) >= 11 is 0. The highest BCUT2D eigenvalue weighted by Gasteiger charge is 2.40. The number of aromatic amines is 1. The van der Waals surface area contributed by atoms with Crippen LogP contribution in [0.5, 0.6) is 0 Å². The van der Waals surface area contributed by atoms with E-state index in [1.807, 2.05) is 30.5 Å². The van der Waals surface area contributed by atoms with Gasteiger partial charge >= 0.3 is 0 Å². The van der Waals surface area contributed by atoms with E-state index >= 15 is 0 Å². The van der Waals surface area contributed by atoms with Crippen LogP contribution in [0.4, 0.5) is 0 Å². The van der Waals surface area contributed by atoms with Crippen molar-refractivity contribution in [2.75, 3.05) is 19.7 Å². The van der Waals surface area contributed by atoms with E-state index in [2.05, 4.69) is 29.3 Å². The standard InChI is InChI=1S/C23H32N4O5/c1-14(21(30)15(2)28)26-32-11-20(29)25-19(22(31)27-12-23(3,4)13-27)9-16-10-24-18-8-6-5-7-17(16)18/h5-8,10,15,19,21,24,28,30H,9,11-13H2,1-4H3,(H,25,29)/b26-14-. The zero-order valence-corrected chi connectivity index (χ0v) is 19.0. The number of oxime groups is 1. The summed E-state index contributed by atoms with van der Waals surface area (Å²) in [5.74, 6) is -0.627. The Balaban J connectivity index is 1.67. The van der Waals surface area contributed by atoms with Crippen molar-refractivity contribution in [3.8, 4) is 0 Å². The minimum atomic E-state index is -1.18. The van der Waals surface area contributed by atoms with Crippen molar-refractivity contribution in [1.82, 2.24) is 15.2 Å². The molecule has 3 rings (SSSR count). The lowest BCUT2D eigenvalue weighted by Crippen LogP contribution is -2.61. The predicted octanol–water partition coefficient (Wildman–Crippen LogP) is 1.20. The zero-order chi connectivity index (χ0) is 23.5. The van der Waals surface area contributed by atoms with Gasteiger partial charge in [-0.25, -0.2) is 0 Å². The van der Waals surface area contributed by atoms with Gasteiger partial charge in [-0.2, -0.15) is 0 Å². The third-order valence-corrected chi connectivity index (χ3v) is 5.57. The van der Waals surface area contributed by atoms with Gasteiger partial charge in [-0.1, -0.05) is 37.2 Å². The summed E-state index contributed by atoms with van der Waals surface area (Å²) in [6, 6.07) is 7.06. The fraction of sp³-hybridized carbons (Fsp3) is 0.522. The minimum Gasteiger partial charge on any atom is -0.390 e. The number of rotatable bonds is 9. The number of hydrogen-bond donors (Lipinski definition) is 4. The van der Waals surface area contributed by atoms with Crippen molar-refractivity contribution in [3.05, 3.63) is 36.0 Å². The number of nitrogens with one attached hydrogen (secondary N) is 2. The first kappa shape index (κ1) is 23.7. The molecular formula is C23H32N4O5. The number of hydrogen-bond acceptors (Lipinski definition) is 6. The molecule has 9 heteroatoms. The van der Waals surface area contributed by atoms with Crippen LogP contribution < -0.4 is 5.32 Å². The van der Waals surface area contributed by atoms with Crippen molar-refractivity contribution < 1.29 is 24.6 Å². The Morgan fingerprint density at radius 1 is 1.28 bits per heavy atom. The van der Waals surface area contributed by atoms with Crippen molar-refractivity contribution in [1.29, 1.82) is 0 Å². The average molecular weight is 445 g/mol. The molecule has 2 amide bonds. The molecule has 1 aliphatic heterocycles. The normalized spacial score (nSPS) is 18.6. The summed E-state index contributed by atoms with van der Waals surface area (Å²) in [5, 5.41) is 26.6. The number of amides is 2. The van der Waals surface area contributed by atoms with Crippen molar-refractivity contribution in [2.24, 2.45) is 10.6 Å². The number of benzene rings is 1. The number of para-hydroxylation sites is 1. The number of aliphatic hydroxyl groups is 2. The smallest absolute Gasteiger partial charge is 0.261 e. The van der Waals surface area contributed by atoms with Gasteiger partial charge in [0.2, 0.25) is 5.91 Å². The lowest BCUT2D eigenvalue weighted by molar-refractivity contribution is -0.146. The topological polar surface area (TPSA) is 127 Å². The number of aromatic nitrogens is 1. The Labute approximate surface area is 187 Å². The molecule has 2 aromatic rings. The van der Waals surface area contributed by atoms with Crippen LogP contribution in [0.2, 0.25) is 0 Å². The summed E-state index contributed by atoms with van der Waals surface area (Å²) in [7, 11) is 0. The molecule has 9 nitrogen and oxygen atoms in total. The second-order valence-corrected chi connectivity index (χ2v) is 9.23. The molecule has 0 spiro atoms. The molecule has 0 saturated carbocycles. The fourth-order valence-electron chi connectivity index (χ4n) is 3.92.